The van der Waals surface area contributed by atoms with E-state index < -0.39 is 0 Å². The number of hydrogen-bond donors (Lipinski definition) is 4. The Balaban J connectivity index is 1.67. The zero-order valence-electron chi connectivity index (χ0n) is 13.1. The molecule has 1 heterocycles. The molecule has 1 aromatic heterocycles. The van der Waals surface area contributed by atoms with Crippen molar-refractivity contribution in [3.8, 4) is 0 Å². The molecule has 3 rings (SSSR count). The third-order valence-corrected chi connectivity index (χ3v) is 4.76. The maximum atomic E-state index is 12.2. The second kappa shape index (κ2) is 5.65. The van der Waals surface area contributed by atoms with Crippen LogP contribution in [0, 0.1) is 12.3 Å². The van der Waals surface area contributed by atoms with Crippen LogP contribution in [0.2, 0.25) is 0 Å². The topological polar surface area (TPSA) is 77.2 Å². The second-order valence-electron chi connectivity index (χ2n) is 6.61. The number of aromatic amines is 1. The van der Waals surface area contributed by atoms with Crippen LogP contribution >= 0.6 is 0 Å². The van der Waals surface area contributed by atoms with E-state index >= 15 is 0 Å². The molecule has 4 N–H and O–H groups in total. The summed E-state index contributed by atoms with van der Waals surface area (Å²) in [5.41, 5.74) is 2.72. The fraction of sp³-hybridized carbons (Fsp3) is 0.471. The first kappa shape index (κ1) is 14.9. The molecule has 0 saturated heterocycles. The second-order valence-corrected chi connectivity index (χ2v) is 6.61. The molecule has 0 bridgehead atoms. The number of aliphatic hydroxyl groups is 1. The number of benzene rings is 1. The smallest absolute Gasteiger partial charge is 0.319 e. The lowest BCUT2D eigenvalue weighted by atomic mass is 9.86. The summed E-state index contributed by atoms with van der Waals surface area (Å²) in [5, 5.41) is 16.5. The minimum absolute atomic E-state index is 0.0238. The van der Waals surface area contributed by atoms with Crippen LogP contribution in [0.3, 0.4) is 0 Å². The molecule has 118 valence electrons. The molecule has 1 aliphatic carbocycles. The van der Waals surface area contributed by atoms with Crippen LogP contribution in [0.1, 0.15) is 31.9 Å². The summed E-state index contributed by atoms with van der Waals surface area (Å²) < 4.78 is 0. The fourth-order valence-electron chi connectivity index (χ4n) is 3.35. The first-order valence-electron chi connectivity index (χ1n) is 7.78. The first-order valence-corrected chi connectivity index (χ1v) is 7.78. The van der Waals surface area contributed by atoms with Gasteiger partial charge in [-0.25, -0.2) is 4.79 Å². The summed E-state index contributed by atoms with van der Waals surface area (Å²) in [6.07, 6.45) is 2.90. The number of anilines is 1. The van der Waals surface area contributed by atoms with Crippen LogP contribution in [0.5, 0.6) is 0 Å². The van der Waals surface area contributed by atoms with Gasteiger partial charge in [-0.1, -0.05) is 13.3 Å². The summed E-state index contributed by atoms with van der Waals surface area (Å²) in [6, 6.07) is 7.67. The monoisotopic (exact) mass is 301 g/mol. The predicted molar refractivity (Wildman–Crippen MR) is 88.0 cm³/mol. The van der Waals surface area contributed by atoms with Gasteiger partial charge in [-0.3, -0.25) is 0 Å². The molecule has 1 fully saturated rings. The van der Waals surface area contributed by atoms with Crippen molar-refractivity contribution in [3.05, 3.63) is 30.0 Å². The third kappa shape index (κ3) is 2.81. The molecule has 2 aromatic rings. The zero-order valence-corrected chi connectivity index (χ0v) is 13.1. The summed E-state index contributed by atoms with van der Waals surface area (Å²) in [7, 11) is 0. The van der Waals surface area contributed by atoms with Gasteiger partial charge < -0.3 is 20.7 Å². The molecule has 5 nitrogen and oxygen atoms in total. The van der Waals surface area contributed by atoms with Gasteiger partial charge in [-0.2, -0.15) is 0 Å². The highest BCUT2D eigenvalue weighted by atomic mass is 16.3. The van der Waals surface area contributed by atoms with Gasteiger partial charge in [0.1, 0.15) is 0 Å². The van der Waals surface area contributed by atoms with Crippen molar-refractivity contribution in [2.75, 3.05) is 11.9 Å². The molecule has 2 unspecified atom stereocenters. The van der Waals surface area contributed by atoms with Gasteiger partial charge in [-0.15, -0.1) is 0 Å². The van der Waals surface area contributed by atoms with Crippen molar-refractivity contribution in [1.82, 2.24) is 10.3 Å². The van der Waals surface area contributed by atoms with Crippen LogP contribution in [-0.2, 0) is 0 Å². The van der Waals surface area contributed by atoms with Crippen molar-refractivity contribution in [3.63, 3.8) is 0 Å². The largest absolute Gasteiger partial charge is 0.396 e. The number of aryl methyl sites for hydroxylation is 1. The normalized spacial score (nSPS) is 24.6. The van der Waals surface area contributed by atoms with E-state index in [1.165, 1.54) is 0 Å². The van der Waals surface area contributed by atoms with Gasteiger partial charge in [0.2, 0.25) is 0 Å². The molecule has 1 saturated carbocycles. The van der Waals surface area contributed by atoms with Gasteiger partial charge in [0, 0.05) is 33.7 Å². The molecule has 0 spiro atoms. The van der Waals surface area contributed by atoms with E-state index in [9.17, 15) is 9.90 Å². The summed E-state index contributed by atoms with van der Waals surface area (Å²) >= 11 is 0. The molecular formula is C17H23N3O2. The SMILES string of the molecule is Cc1cc2cc(NC(=O)NC3CCCC3(C)CO)ccc2[nH]1. The van der Waals surface area contributed by atoms with Crippen molar-refractivity contribution < 1.29 is 9.90 Å². The highest BCUT2D eigenvalue weighted by Gasteiger charge is 2.39. The Kier molecular flexibility index (Phi) is 3.83. The number of aromatic nitrogens is 1. The maximum Gasteiger partial charge on any atom is 0.319 e. The number of amides is 2. The van der Waals surface area contributed by atoms with Crippen LogP contribution in [0.25, 0.3) is 10.9 Å². The Morgan fingerprint density at radius 3 is 3.05 bits per heavy atom. The number of H-pyrrole nitrogens is 1. The highest BCUT2D eigenvalue weighted by molar-refractivity contribution is 5.93. The number of urea groups is 1. The molecule has 5 heteroatoms. The lowest BCUT2D eigenvalue weighted by Gasteiger charge is -2.30. The highest BCUT2D eigenvalue weighted by Crippen LogP contribution is 2.37. The van der Waals surface area contributed by atoms with E-state index in [0.29, 0.717) is 0 Å². The Morgan fingerprint density at radius 2 is 2.27 bits per heavy atom. The molecule has 1 aromatic carbocycles. The van der Waals surface area contributed by atoms with Crippen LogP contribution in [0.15, 0.2) is 24.3 Å². The number of fused-ring (bicyclic) bond motifs is 1. The zero-order chi connectivity index (χ0) is 15.7. The van der Waals surface area contributed by atoms with Crippen LogP contribution in [-0.4, -0.2) is 28.8 Å². The first-order chi connectivity index (χ1) is 10.5. The van der Waals surface area contributed by atoms with Crippen molar-refractivity contribution in [1.29, 1.82) is 0 Å². The number of hydrogen-bond acceptors (Lipinski definition) is 2. The molecule has 2 amide bonds. The van der Waals surface area contributed by atoms with E-state index in [0.717, 1.165) is 41.5 Å². The Morgan fingerprint density at radius 1 is 1.45 bits per heavy atom. The van der Waals surface area contributed by atoms with Crippen LogP contribution < -0.4 is 10.6 Å². The molecule has 2 atom stereocenters. The fourth-order valence-corrected chi connectivity index (χ4v) is 3.35. The third-order valence-electron chi connectivity index (χ3n) is 4.76. The molecule has 0 radical (unpaired) electrons. The lowest BCUT2D eigenvalue weighted by molar-refractivity contribution is 0.122. The van der Waals surface area contributed by atoms with Gasteiger partial charge >= 0.3 is 6.03 Å². The Hall–Kier alpha value is -2.01. The van der Waals surface area contributed by atoms with E-state index in [1.807, 2.05) is 32.0 Å². The van der Waals surface area contributed by atoms with E-state index in [1.54, 1.807) is 0 Å². The van der Waals surface area contributed by atoms with Crippen molar-refractivity contribution in [2.45, 2.75) is 39.2 Å². The number of rotatable bonds is 3. The summed E-state index contributed by atoms with van der Waals surface area (Å²) in [6.45, 7) is 4.14. The van der Waals surface area contributed by atoms with Gasteiger partial charge in [-0.05, 0) is 44.0 Å². The molecule has 0 aliphatic heterocycles. The number of carbonyl (C=O) groups is 1. The van der Waals surface area contributed by atoms with Gasteiger partial charge in [0.05, 0.1) is 6.61 Å². The number of carbonyl (C=O) groups excluding carboxylic acids is 1. The summed E-state index contributed by atoms with van der Waals surface area (Å²) in [5.74, 6) is 0. The van der Waals surface area contributed by atoms with E-state index in [4.69, 9.17) is 0 Å². The predicted octanol–water partition coefficient (Wildman–Crippen LogP) is 3.15. The average Bonchev–Trinajstić information content (AvgIpc) is 3.01. The number of nitrogens with one attached hydrogen (secondary N) is 3. The number of aliphatic hydroxyl groups excluding tert-OH is 1. The van der Waals surface area contributed by atoms with Crippen molar-refractivity contribution >= 4 is 22.6 Å². The molecule has 1 aliphatic rings. The Labute approximate surface area is 130 Å². The molecule has 22 heavy (non-hydrogen) atoms. The van der Waals surface area contributed by atoms with Crippen molar-refractivity contribution in [2.24, 2.45) is 5.41 Å². The lowest BCUT2D eigenvalue weighted by Crippen LogP contribution is -2.46. The minimum Gasteiger partial charge on any atom is -0.396 e. The minimum atomic E-state index is -0.210. The average molecular weight is 301 g/mol. The standard InChI is InChI=1S/C17H23N3O2/c1-11-8-12-9-13(5-6-14(12)18-11)19-16(22)20-15-4-3-7-17(15,2)10-21/h5-6,8-9,15,18,21H,3-4,7,10H2,1-2H3,(H2,19,20,22). The van der Waals surface area contributed by atoms with E-state index in [2.05, 4.69) is 21.7 Å². The quantitative estimate of drug-likeness (QED) is 0.703. The van der Waals surface area contributed by atoms with Gasteiger partial charge in [0.25, 0.3) is 0 Å². The van der Waals surface area contributed by atoms with E-state index in [-0.39, 0.29) is 24.1 Å². The molecular weight excluding hydrogens is 278 g/mol. The van der Waals surface area contributed by atoms with Gasteiger partial charge in [0.15, 0.2) is 0 Å². The van der Waals surface area contributed by atoms with Crippen LogP contribution in [0.4, 0.5) is 10.5 Å². The Bertz CT molecular complexity index is 694. The summed E-state index contributed by atoms with van der Waals surface area (Å²) in [4.78, 5) is 15.5. The maximum absolute atomic E-state index is 12.2.